The van der Waals surface area contributed by atoms with E-state index >= 15 is 0 Å². The van der Waals surface area contributed by atoms with Crippen LogP contribution in [0.2, 0.25) is 0 Å². The smallest absolute Gasteiger partial charge is 0.00854 e. The number of rotatable bonds is 3. The largest absolute Gasteiger partial charge is 0.0763 e. The van der Waals surface area contributed by atoms with E-state index in [0.717, 1.165) is 25.7 Å². The Morgan fingerprint density at radius 1 is 0.600 bits per heavy atom. The summed E-state index contributed by atoms with van der Waals surface area (Å²) in [5.41, 5.74) is 8.99. The minimum atomic E-state index is 1.11. The molecule has 0 unspecified atom stereocenters. The van der Waals surface area contributed by atoms with Gasteiger partial charge in [0.2, 0.25) is 0 Å². The second kappa shape index (κ2) is 4.79. The highest BCUT2D eigenvalue weighted by Gasteiger charge is 2.16. The highest BCUT2D eigenvalue weighted by molar-refractivity contribution is 5.77. The van der Waals surface area contributed by atoms with Crippen molar-refractivity contribution in [2.24, 2.45) is 0 Å². The Balaban J connectivity index is 1.51. The zero-order valence-electron chi connectivity index (χ0n) is 11.6. The van der Waals surface area contributed by atoms with Crippen LogP contribution >= 0.6 is 0 Å². The van der Waals surface area contributed by atoms with E-state index in [9.17, 15) is 0 Å². The molecule has 2 aromatic rings. The zero-order valence-corrected chi connectivity index (χ0v) is 11.6. The average molecular weight is 258 g/mol. The molecule has 0 amide bonds. The van der Waals surface area contributed by atoms with Crippen molar-refractivity contribution in [3.63, 3.8) is 0 Å². The number of allylic oxidation sites excluding steroid dienone is 4. The van der Waals surface area contributed by atoms with E-state index in [1.807, 2.05) is 0 Å². The molecule has 0 radical (unpaired) electrons. The molecule has 0 heterocycles. The van der Waals surface area contributed by atoms with Gasteiger partial charge in [0.1, 0.15) is 0 Å². The lowest BCUT2D eigenvalue weighted by molar-refractivity contribution is 1.09. The third kappa shape index (κ3) is 1.92. The SMILES string of the molecule is C1=C(CCC2=CCc3ccccc32)c2ccccc2C1. The Hall–Kier alpha value is -2.08. The highest BCUT2D eigenvalue weighted by Crippen LogP contribution is 2.36. The van der Waals surface area contributed by atoms with Gasteiger partial charge in [0, 0.05) is 0 Å². The summed E-state index contributed by atoms with van der Waals surface area (Å²) in [5.74, 6) is 0. The molecule has 0 bridgehead atoms. The van der Waals surface area contributed by atoms with E-state index in [1.54, 1.807) is 0 Å². The van der Waals surface area contributed by atoms with Gasteiger partial charge in [0.25, 0.3) is 0 Å². The van der Waals surface area contributed by atoms with Crippen molar-refractivity contribution in [1.82, 2.24) is 0 Å². The fraction of sp³-hybridized carbons (Fsp3) is 0.200. The lowest BCUT2D eigenvalue weighted by Gasteiger charge is -2.08. The molecular weight excluding hydrogens is 240 g/mol. The first-order valence-electron chi connectivity index (χ1n) is 7.46. The van der Waals surface area contributed by atoms with Gasteiger partial charge in [0.05, 0.1) is 0 Å². The van der Waals surface area contributed by atoms with Crippen LogP contribution in [0.15, 0.2) is 60.7 Å². The molecule has 2 aliphatic rings. The molecule has 0 aromatic heterocycles. The van der Waals surface area contributed by atoms with E-state index in [0.29, 0.717) is 0 Å². The molecule has 4 rings (SSSR count). The monoisotopic (exact) mass is 258 g/mol. The van der Waals surface area contributed by atoms with Crippen molar-refractivity contribution in [3.05, 3.63) is 82.9 Å². The second-order valence-corrected chi connectivity index (χ2v) is 5.68. The lowest BCUT2D eigenvalue weighted by atomic mass is 9.97. The molecule has 0 N–H and O–H groups in total. The summed E-state index contributed by atoms with van der Waals surface area (Å²) in [6.45, 7) is 0. The summed E-state index contributed by atoms with van der Waals surface area (Å²) in [6.07, 6.45) is 9.37. The molecule has 2 aromatic carbocycles. The van der Waals surface area contributed by atoms with Crippen LogP contribution in [0.4, 0.5) is 0 Å². The number of hydrogen-bond acceptors (Lipinski definition) is 0. The van der Waals surface area contributed by atoms with Crippen molar-refractivity contribution in [1.29, 1.82) is 0 Å². The van der Waals surface area contributed by atoms with Crippen molar-refractivity contribution in [3.8, 4) is 0 Å². The molecular formula is C20H18. The Morgan fingerprint density at radius 3 is 1.55 bits per heavy atom. The van der Waals surface area contributed by atoms with Crippen LogP contribution in [-0.4, -0.2) is 0 Å². The van der Waals surface area contributed by atoms with Crippen LogP contribution < -0.4 is 0 Å². The van der Waals surface area contributed by atoms with Crippen LogP contribution in [-0.2, 0) is 12.8 Å². The summed E-state index contributed by atoms with van der Waals surface area (Å²) >= 11 is 0. The molecule has 0 saturated heterocycles. The third-order valence-electron chi connectivity index (χ3n) is 4.53. The van der Waals surface area contributed by atoms with Crippen LogP contribution in [0, 0.1) is 0 Å². The fourth-order valence-corrected chi connectivity index (χ4v) is 3.45. The van der Waals surface area contributed by atoms with Crippen LogP contribution in [0.5, 0.6) is 0 Å². The molecule has 0 aliphatic heterocycles. The van der Waals surface area contributed by atoms with Gasteiger partial charge in [-0.2, -0.15) is 0 Å². The van der Waals surface area contributed by atoms with Gasteiger partial charge in [0.15, 0.2) is 0 Å². The van der Waals surface area contributed by atoms with E-state index < -0.39 is 0 Å². The maximum Gasteiger partial charge on any atom is -0.00854 e. The van der Waals surface area contributed by atoms with Crippen molar-refractivity contribution in [2.45, 2.75) is 25.7 Å². The summed E-state index contributed by atoms with van der Waals surface area (Å²) in [4.78, 5) is 0. The summed E-state index contributed by atoms with van der Waals surface area (Å²) in [5, 5.41) is 0. The van der Waals surface area contributed by atoms with Crippen LogP contribution in [0.1, 0.15) is 35.1 Å². The number of hydrogen-bond donors (Lipinski definition) is 0. The third-order valence-corrected chi connectivity index (χ3v) is 4.53. The van der Waals surface area contributed by atoms with Gasteiger partial charge >= 0.3 is 0 Å². The second-order valence-electron chi connectivity index (χ2n) is 5.68. The van der Waals surface area contributed by atoms with E-state index in [-0.39, 0.29) is 0 Å². The van der Waals surface area contributed by atoms with Gasteiger partial charge in [-0.1, -0.05) is 60.7 Å². The fourth-order valence-electron chi connectivity index (χ4n) is 3.45. The molecule has 0 heteroatoms. The molecule has 2 aliphatic carbocycles. The minimum absolute atomic E-state index is 1.11. The van der Waals surface area contributed by atoms with Gasteiger partial charge in [-0.25, -0.2) is 0 Å². The van der Waals surface area contributed by atoms with Gasteiger partial charge in [-0.15, -0.1) is 0 Å². The highest BCUT2D eigenvalue weighted by atomic mass is 14.2. The van der Waals surface area contributed by atoms with Gasteiger partial charge in [-0.3, -0.25) is 0 Å². The Labute approximate surface area is 120 Å². The molecule has 0 nitrogen and oxygen atoms in total. The molecule has 0 spiro atoms. The van der Waals surface area contributed by atoms with Crippen molar-refractivity contribution >= 4 is 11.1 Å². The van der Waals surface area contributed by atoms with Crippen molar-refractivity contribution in [2.75, 3.05) is 0 Å². The zero-order chi connectivity index (χ0) is 13.4. The van der Waals surface area contributed by atoms with Gasteiger partial charge in [-0.05, 0) is 59.1 Å². The predicted molar refractivity (Wildman–Crippen MR) is 85.5 cm³/mol. The summed E-state index contributed by atoms with van der Waals surface area (Å²) in [7, 11) is 0. The van der Waals surface area contributed by atoms with Crippen LogP contribution in [0.25, 0.3) is 11.1 Å². The lowest BCUT2D eigenvalue weighted by Crippen LogP contribution is -1.87. The Bertz CT molecular complexity index is 653. The topological polar surface area (TPSA) is 0 Å². The van der Waals surface area contributed by atoms with Gasteiger partial charge < -0.3 is 0 Å². The summed E-state index contributed by atoms with van der Waals surface area (Å²) in [6, 6.07) is 17.6. The van der Waals surface area contributed by atoms with E-state index in [1.165, 1.54) is 33.4 Å². The maximum atomic E-state index is 2.41. The normalized spacial score (nSPS) is 15.6. The first kappa shape index (κ1) is 11.7. The molecule has 0 saturated carbocycles. The number of benzene rings is 2. The molecule has 20 heavy (non-hydrogen) atoms. The van der Waals surface area contributed by atoms with Crippen LogP contribution in [0.3, 0.4) is 0 Å². The van der Waals surface area contributed by atoms with E-state index in [4.69, 9.17) is 0 Å². The first-order chi connectivity index (χ1) is 9.92. The maximum absolute atomic E-state index is 2.41. The summed E-state index contributed by atoms with van der Waals surface area (Å²) < 4.78 is 0. The molecule has 0 fully saturated rings. The standard InChI is InChI=1S/C20H18/c1-3-7-19-15(5-1)9-11-17(19)13-14-18-12-10-16-6-2-4-8-20(16)18/h1-8,11-12H,9-10,13-14H2. The predicted octanol–water partition coefficient (Wildman–Crippen LogP) is 5.05. The quantitative estimate of drug-likeness (QED) is 0.723. The van der Waals surface area contributed by atoms with E-state index in [2.05, 4.69) is 60.7 Å². The Morgan fingerprint density at radius 2 is 1.05 bits per heavy atom. The first-order valence-corrected chi connectivity index (χ1v) is 7.46. The Kier molecular flexibility index (Phi) is 2.81. The molecule has 0 atom stereocenters. The number of fused-ring (bicyclic) bond motifs is 2. The van der Waals surface area contributed by atoms with Crippen molar-refractivity contribution < 1.29 is 0 Å². The minimum Gasteiger partial charge on any atom is -0.0763 e. The average Bonchev–Trinajstić information content (AvgIpc) is 3.09. The molecule has 98 valence electrons.